The first-order valence-corrected chi connectivity index (χ1v) is 13.4. The normalized spacial score (nSPS) is 37.2. The van der Waals surface area contributed by atoms with Crippen molar-refractivity contribution in [3.8, 4) is 0 Å². The summed E-state index contributed by atoms with van der Waals surface area (Å²) < 4.78 is 26.2. The molecule has 2 rings (SSSR count). The van der Waals surface area contributed by atoms with Crippen LogP contribution in [0.15, 0.2) is 0 Å². The van der Waals surface area contributed by atoms with Crippen LogP contribution in [0, 0.1) is 23.7 Å². The highest BCUT2D eigenvalue weighted by Crippen LogP contribution is 2.62. The van der Waals surface area contributed by atoms with Gasteiger partial charge < -0.3 is 24.4 Å². The lowest BCUT2D eigenvalue weighted by molar-refractivity contribution is -0.0590. The number of aliphatic hydroxyl groups excluding tert-OH is 3. The summed E-state index contributed by atoms with van der Waals surface area (Å²) in [6, 6.07) is 0. The highest BCUT2D eigenvalue weighted by molar-refractivity contribution is 7.54. The minimum Gasteiger partial charge on any atom is -0.394 e. The van der Waals surface area contributed by atoms with Crippen LogP contribution in [0.3, 0.4) is 0 Å². The van der Waals surface area contributed by atoms with Gasteiger partial charge in [0.2, 0.25) is 0 Å². The maximum absolute atomic E-state index is 13.9. The van der Waals surface area contributed by atoms with Crippen molar-refractivity contribution in [3.05, 3.63) is 0 Å². The number of hydrogen-bond donors (Lipinski definition) is 3. The van der Waals surface area contributed by atoms with Gasteiger partial charge in [-0.15, -0.1) is 0 Å². The Labute approximate surface area is 183 Å². The van der Waals surface area contributed by atoms with Gasteiger partial charge in [-0.2, -0.15) is 0 Å². The Hall–Kier alpha value is 0.0300. The molecule has 30 heavy (non-hydrogen) atoms. The van der Waals surface area contributed by atoms with Gasteiger partial charge in [-0.25, -0.2) is 0 Å². The van der Waals surface area contributed by atoms with E-state index in [1.807, 2.05) is 13.8 Å². The molecule has 2 aliphatic carbocycles. The lowest BCUT2D eigenvalue weighted by Gasteiger charge is -2.45. The maximum atomic E-state index is 13.9. The molecule has 2 unspecified atom stereocenters. The lowest BCUT2D eigenvalue weighted by Crippen LogP contribution is -2.42. The number of rotatable bonds is 9. The molecule has 0 radical (unpaired) electrons. The molecule has 0 amide bonds. The average Bonchev–Trinajstić information content (AvgIpc) is 2.66. The first kappa shape index (κ1) is 26.3. The van der Waals surface area contributed by atoms with Gasteiger partial charge in [0.1, 0.15) is 6.10 Å². The zero-order valence-electron chi connectivity index (χ0n) is 19.8. The summed E-state index contributed by atoms with van der Waals surface area (Å²) >= 11 is 0. The van der Waals surface area contributed by atoms with Crippen molar-refractivity contribution in [3.63, 3.8) is 0 Å². The second-order valence-electron chi connectivity index (χ2n) is 10.9. The molecular formula is C23H45O6P. The summed E-state index contributed by atoms with van der Waals surface area (Å²) in [6.07, 6.45) is 5.26. The molecule has 0 aromatic carbocycles. The summed E-state index contributed by atoms with van der Waals surface area (Å²) in [6.45, 7) is 12.0. The predicted octanol–water partition coefficient (Wildman–Crippen LogP) is 5.09. The van der Waals surface area contributed by atoms with Gasteiger partial charge in [0.25, 0.3) is 0 Å². The van der Waals surface area contributed by atoms with Crippen LogP contribution in [-0.4, -0.2) is 45.1 Å². The maximum Gasteiger partial charge on any atom is 0.362 e. The van der Waals surface area contributed by atoms with Crippen LogP contribution in [0.1, 0.15) is 92.9 Å². The van der Waals surface area contributed by atoms with E-state index in [2.05, 4.69) is 27.7 Å². The molecule has 2 atom stereocenters. The molecular weight excluding hydrogens is 403 g/mol. The number of hydrogen-bond acceptors (Lipinski definition) is 6. The molecule has 3 N–H and O–H groups in total. The van der Waals surface area contributed by atoms with E-state index in [1.165, 1.54) is 0 Å². The Morgan fingerprint density at radius 1 is 0.833 bits per heavy atom. The third kappa shape index (κ3) is 6.52. The number of aliphatic hydroxyl groups is 3. The topological polar surface area (TPSA) is 96.2 Å². The average molecular weight is 449 g/mol. The van der Waals surface area contributed by atoms with Gasteiger partial charge in [-0.1, -0.05) is 27.7 Å². The molecule has 0 aromatic heterocycles. The van der Waals surface area contributed by atoms with Crippen molar-refractivity contribution in [2.24, 2.45) is 23.7 Å². The molecule has 0 aromatic rings. The Morgan fingerprint density at radius 2 is 1.17 bits per heavy atom. The van der Waals surface area contributed by atoms with Crippen molar-refractivity contribution in [1.82, 2.24) is 0 Å². The van der Waals surface area contributed by atoms with Crippen LogP contribution in [0.25, 0.3) is 0 Å². The van der Waals surface area contributed by atoms with E-state index < -0.39 is 37.4 Å². The Morgan fingerprint density at radius 3 is 1.43 bits per heavy atom. The molecule has 0 heterocycles. The third-order valence-electron chi connectivity index (χ3n) is 7.61. The monoisotopic (exact) mass is 448 g/mol. The summed E-state index contributed by atoms with van der Waals surface area (Å²) in [7, 11) is -4.09. The van der Waals surface area contributed by atoms with Crippen LogP contribution < -0.4 is 0 Å². The molecule has 7 heteroatoms. The minimum absolute atomic E-state index is 0.592. The van der Waals surface area contributed by atoms with Gasteiger partial charge in [0.05, 0.1) is 17.8 Å². The van der Waals surface area contributed by atoms with E-state index in [9.17, 15) is 19.9 Å². The predicted molar refractivity (Wildman–Crippen MR) is 119 cm³/mol. The van der Waals surface area contributed by atoms with E-state index in [0.717, 1.165) is 51.4 Å². The fourth-order valence-corrected chi connectivity index (χ4v) is 7.43. The van der Waals surface area contributed by atoms with Gasteiger partial charge >= 0.3 is 7.60 Å². The first-order chi connectivity index (χ1) is 13.8. The van der Waals surface area contributed by atoms with Crippen LogP contribution >= 0.6 is 7.60 Å². The van der Waals surface area contributed by atoms with Crippen LogP contribution in [-0.2, 0) is 13.6 Å². The molecule has 0 spiro atoms. The largest absolute Gasteiger partial charge is 0.394 e. The highest BCUT2D eigenvalue weighted by Gasteiger charge is 2.50. The standard InChI is InChI=1S/C23H45O6P/c1-16(2)18-7-11-22(5,12-8-18)28-30(27,21(26)20(25)15-24)29-23(6)13-9-19(10-14-23)17(3)4/h16-21,24-26H,7-15H2,1-6H3. The minimum atomic E-state index is -4.09. The van der Waals surface area contributed by atoms with E-state index in [1.54, 1.807) is 0 Å². The molecule has 2 aliphatic rings. The van der Waals surface area contributed by atoms with Crippen LogP contribution in [0.2, 0.25) is 0 Å². The molecule has 0 bridgehead atoms. The third-order valence-corrected chi connectivity index (χ3v) is 9.99. The SMILES string of the molecule is CC(C)C1CCC(C)(OP(=O)(OC2(C)CCC(C(C)C)CC2)C(O)C(O)CO)CC1. The molecule has 0 aliphatic heterocycles. The zero-order valence-corrected chi connectivity index (χ0v) is 20.7. The van der Waals surface area contributed by atoms with Crippen molar-refractivity contribution in [1.29, 1.82) is 0 Å². The zero-order chi connectivity index (χ0) is 22.7. The Balaban J connectivity index is 2.17. The van der Waals surface area contributed by atoms with E-state index in [0.29, 0.717) is 23.7 Å². The molecule has 2 fully saturated rings. The molecule has 0 saturated heterocycles. The highest BCUT2D eigenvalue weighted by atomic mass is 31.2. The Bertz CT molecular complexity index is 536. The quantitative estimate of drug-likeness (QED) is 0.425. The van der Waals surface area contributed by atoms with Crippen LogP contribution in [0.4, 0.5) is 0 Å². The lowest BCUT2D eigenvalue weighted by atomic mass is 9.75. The first-order valence-electron chi connectivity index (χ1n) is 11.8. The molecule has 2 saturated carbocycles. The van der Waals surface area contributed by atoms with Gasteiger partial charge in [0, 0.05) is 0 Å². The van der Waals surface area contributed by atoms with Crippen LogP contribution in [0.5, 0.6) is 0 Å². The second-order valence-corrected chi connectivity index (χ2v) is 12.9. The fraction of sp³-hybridized carbons (Fsp3) is 1.00. The molecule has 178 valence electrons. The summed E-state index contributed by atoms with van der Waals surface area (Å²) in [4.78, 5) is 0. The Kier molecular flexibility index (Phi) is 9.03. The van der Waals surface area contributed by atoms with Gasteiger partial charge in [0.15, 0.2) is 5.85 Å². The summed E-state index contributed by atoms with van der Waals surface area (Å²) in [5.74, 6) is 0.642. The van der Waals surface area contributed by atoms with Gasteiger partial charge in [-0.05, 0) is 88.9 Å². The van der Waals surface area contributed by atoms with E-state index in [-0.39, 0.29) is 0 Å². The fourth-order valence-electron chi connectivity index (χ4n) is 5.06. The van der Waals surface area contributed by atoms with Gasteiger partial charge in [-0.3, -0.25) is 4.57 Å². The summed E-state index contributed by atoms with van der Waals surface area (Å²) in [5.41, 5.74) is -1.36. The summed E-state index contributed by atoms with van der Waals surface area (Å²) in [5, 5.41) is 30.1. The van der Waals surface area contributed by atoms with E-state index >= 15 is 0 Å². The van der Waals surface area contributed by atoms with Crippen molar-refractivity contribution in [2.75, 3.05) is 6.61 Å². The van der Waals surface area contributed by atoms with Crippen molar-refractivity contribution >= 4 is 7.60 Å². The van der Waals surface area contributed by atoms with Crippen molar-refractivity contribution in [2.45, 2.75) is 116 Å². The smallest absolute Gasteiger partial charge is 0.362 e. The molecule has 6 nitrogen and oxygen atoms in total. The van der Waals surface area contributed by atoms with E-state index in [4.69, 9.17) is 9.05 Å². The van der Waals surface area contributed by atoms with Crippen molar-refractivity contribution < 1.29 is 28.9 Å². The second kappa shape index (κ2) is 10.3.